The number of rotatable bonds is 7. The lowest BCUT2D eigenvalue weighted by Gasteiger charge is -2.37. The first kappa shape index (κ1) is 20.4. The van der Waals surface area contributed by atoms with E-state index in [-0.39, 0.29) is 0 Å². The van der Waals surface area contributed by atoms with Crippen LogP contribution in [0.1, 0.15) is 6.92 Å². The zero-order chi connectivity index (χ0) is 17.3. The molecule has 0 aromatic carbocycles. The maximum atomic E-state index is 11.2. The summed E-state index contributed by atoms with van der Waals surface area (Å²) in [5, 5.41) is 9.63. The average Bonchev–Trinajstić information content (AvgIpc) is 2.49. The molecular formula is C6H10BO12P3-4. The highest BCUT2D eigenvalue weighted by Gasteiger charge is 2.38. The Kier molecular flexibility index (Phi) is 6.60. The van der Waals surface area contributed by atoms with Crippen molar-refractivity contribution in [3.05, 3.63) is 0 Å². The lowest BCUT2D eigenvalue weighted by molar-refractivity contribution is -0.339. The Labute approximate surface area is 126 Å². The van der Waals surface area contributed by atoms with Crippen molar-refractivity contribution in [1.29, 1.82) is 0 Å². The number of aliphatic hydroxyl groups excluding tert-OH is 1. The molecule has 0 saturated carbocycles. The molecule has 1 N–H and O–H groups in total. The number of phosphoric acid groups is 3. The van der Waals surface area contributed by atoms with E-state index in [9.17, 15) is 38.4 Å². The number of hydrogen-bond acceptors (Lipinski definition) is 12. The Balaban J connectivity index is 2.60. The molecule has 12 nitrogen and oxygen atoms in total. The Hall–Kier alpha value is 0.395. The van der Waals surface area contributed by atoms with Gasteiger partial charge in [0.15, 0.2) is 0 Å². The normalized spacial score (nSPS) is 35.0. The van der Waals surface area contributed by atoms with Crippen molar-refractivity contribution < 1.29 is 56.3 Å². The molecule has 0 aromatic heterocycles. The molecule has 0 spiro atoms. The lowest BCUT2D eigenvalue weighted by Crippen LogP contribution is -2.30. The maximum Gasteiger partial charge on any atom is 0.278 e. The fourth-order valence-electron chi connectivity index (χ4n) is 1.53. The van der Waals surface area contributed by atoms with Gasteiger partial charge in [-0.05, 0) is 0 Å². The SMILES string of the molecule is [B]C1OC(COP(=O)([O-])OP(=O)([O-])OP(=O)([O-])[O-])C(O)C1C. The van der Waals surface area contributed by atoms with Gasteiger partial charge in [-0.2, -0.15) is 0 Å². The van der Waals surface area contributed by atoms with Crippen LogP contribution in [0.4, 0.5) is 0 Å². The van der Waals surface area contributed by atoms with Gasteiger partial charge in [-0.25, -0.2) is 4.31 Å². The second-order valence-electron chi connectivity index (χ2n) is 4.29. The second-order valence-corrected chi connectivity index (χ2v) is 8.54. The summed E-state index contributed by atoms with van der Waals surface area (Å²) < 4.78 is 47.6. The molecule has 0 aliphatic carbocycles. The zero-order valence-electron chi connectivity index (χ0n) is 10.9. The summed E-state index contributed by atoms with van der Waals surface area (Å²) in [6, 6.07) is -0.892. The van der Waals surface area contributed by atoms with Crippen LogP contribution < -0.4 is 19.6 Å². The van der Waals surface area contributed by atoms with Crippen LogP contribution in [-0.4, -0.2) is 37.8 Å². The molecular weight excluding hydrogens is 368 g/mol. The summed E-state index contributed by atoms with van der Waals surface area (Å²) in [5.41, 5.74) is 0. The third-order valence-corrected chi connectivity index (χ3v) is 6.23. The predicted molar refractivity (Wildman–Crippen MR) is 60.5 cm³/mol. The zero-order valence-corrected chi connectivity index (χ0v) is 13.6. The molecule has 0 aromatic rings. The molecule has 6 atom stereocenters. The molecule has 0 bridgehead atoms. The minimum atomic E-state index is -6.04. The molecule has 1 heterocycles. The average molecular weight is 378 g/mol. The summed E-state index contributed by atoms with van der Waals surface area (Å²) in [7, 11) is -12.2. The van der Waals surface area contributed by atoms with Gasteiger partial charge in [-0.1, -0.05) is 6.92 Å². The topological polar surface area (TPSA) is 201 Å². The Morgan fingerprint density at radius 1 is 1.14 bits per heavy atom. The van der Waals surface area contributed by atoms with E-state index in [4.69, 9.17) is 12.6 Å². The van der Waals surface area contributed by atoms with Crippen molar-refractivity contribution in [2.45, 2.75) is 25.1 Å². The first-order chi connectivity index (χ1) is 9.72. The van der Waals surface area contributed by atoms with E-state index in [1.807, 2.05) is 0 Å². The molecule has 2 radical (unpaired) electrons. The molecule has 1 aliphatic rings. The van der Waals surface area contributed by atoms with Crippen LogP contribution in [-0.2, 0) is 31.6 Å². The maximum absolute atomic E-state index is 11.2. The lowest BCUT2D eigenvalue weighted by atomic mass is 9.86. The van der Waals surface area contributed by atoms with E-state index in [1.165, 1.54) is 6.92 Å². The van der Waals surface area contributed by atoms with Gasteiger partial charge in [0.05, 0.1) is 20.5 Å². The van der Waals surface area contributed by atoms with Crippen LogP contribution in [0.15, 0.2) is 0 Å². The van der Waals surface area contributed by atoms with Gasteiger partial charge in [-0.15, -0.1) is 0 Å². The van der Waals surface area contributed by atoms with Crippen molar-refractivity contribution in [2.24, 2.45) is 5.92 Å². The molecule has 1 rings (SSSR count). The highest BCUT2D eigenvalue weighted by molar-refractivity contribution is 7.64. The van der Waals surface area contributed by atoms with Crippen LogP contribution in [0, 0.1) is 5.92 Å². The summed E-state index contributed by atoms with van der Waals surface area (Å²) in [5.74, 6) is -0.540. The Morgan fingerprint density at radius 3 is 2.09 bits per heavy atom. The molecule has 0 amide bonds. The number of hydrogen-bond donors (Lipinski definition) is 1. The van der Waals surface area contributed by atoms with Crippen LogP contribution in [0.5, 0.6) is 0 Å². The van der Waals surface area contributed by atoms with Gasteiger partial charge in [0, 0.05) is 11.9 Å². The van der Waals surface area contributed by atoms with Crippen molar-refractivity contribution in [2.75, 3.05) is 6.61 Å². The van der Waals surface area contributed by atoms with Crippen LogP contribution in [0.2, 0.25) is 0 Å². The van der Waals surface area contributed by atoms with E-state index in [2.05, 4.69) is 13.1 Å². The monoisotopic (exact) mass is 378 g/mol. The van der Waals surface area contributed by atoms with Gasteiger partial charge in [0.2, 0.25) is 0 Å². The molecule has 22 heavy (non-hydrogen) atoms. The summed E-state index contributed by atoms with van der Waals surface area (Å²) in [6.07, 6.45) is -2.37. The molecule has 1 saturated heterocycles. The standard InChI is InChI=1S/C6H14BO12P3/c1-3-5(8)4(17-6(3)7)2-16-21(12,13)19-22(14,15)18-20(9,10)11/h3-6,8H,2H2,1H3,(H,12,13)(H,14,15)(H2,9,10,11)/p-4. The predicted octanol–water partition coefficient (Wildman–Crippen LogP) is -3.31. The number of ether oxygens (including phenoxy) is 1. The first-order valence-electron chi connectivity index (χ1n) is 5.53. The summed E-state index contributed by atoms with van der Waals surface area (Å²) in [6.45, 7) is 0.661. The fraction of sp³-hybridized carbons (Fsp3) is 1.00. The highest BCUT2D eigenvalue weighted by Crippen LogP contribution is 2.60. The van der Waals surface area contributed by atoms with E-state index in [1.54, 1.807) is 0 Å². The second kappa shape index (κ2) is 7.10. The largest absolute Gasteiger partial charge is 0.790 e. The van der Waals surface area contributed by atoms with Gasteiger partial charge < -0.3 is 38.5 Å². The summed E-state index contributed by atoms with van der Waals surface area (Å²) in [4.78, 5) is 42.3. The number of phosphoric ester groups is 1. The van der Waals surface area contributed by atoms with E-state index in [0.29, 0.717) is 0 Å². The molecule has 6 unspecified atom stereocenters. The van der Waals surface area contributed by atoms with Crippen molar-refractivity contribution in [3.8, 4) is 0 Å². The molecule has 1 fully saturated rings. The van der Waals surface area contributed by atoms with Gasteiger partial charge in [-0.3, -0.25) is 13.4 Å². The third-order valence-electron chi connectivity index (χ3n) is 2.57. The van der Waals surface area contributed by atoms with Gasteiger partial charge >= 0.3 is 0 Å². The van der Waals surface area contributed by atoms with Gasteiger partial charge in [0.1, 0.15) is 14.0 Å². The number of aliphatic hydroxyl groups is 1. The van der Waals surface area contributed by atoms with E-state index >= 15 is 0 Å². The minimum absolute atomic E-state index is 0.540. The van der Waals surface area contributed by atoms with Crippen molar-refractivity contribution in [3.63, 3.8) is 0 Å². The van der Waals surface area contributed by atoms with E-state index < -0.39 is 54.2 Å². The summed E-state index contributed by atoms with van der Waals surface area (Å²) >= 11 is 0. The Bertz CT molecular complexity index is 533. The highest BCUT2D eigenvalue weighted by atomic mass is 31.3. The van der Waals surface area contributed by atoms with Crippen LogP contribution in [0.3, 0.4) is 0 Å². The van der Waals surface area contributed by atoms with Crippen LogP contribution >= 0.6 is 23.5 Å². The first-order valence-corrected chi connectivity index (χ1v) is 9.91. The van der Waals surface area contributed by atoms with Crippen LogP contribution in [0.25, 0.3) is 0 Å². The quantitative estimate of drug-likeness (QED) is 0.342. The van der Waals surface area contributed by atoms with E-state index in [0.717, 1.165) is 0 Å². The van der Waals surface area contributed by atoms with Gasteiger partial charge in [0.25, 0.3) is 15.6 Å². The molecule has 128 valence electrons. The smallest absolute Gasteiger partial charge is 0.278 e. The van der Waals surface area contributed by atoms with Crippen molar-refractivity contribution >= 4 is 31.3 Å². The minimum Gasteiger partial charge on any atom is -0.790 e. The molecule has 1 aliphatic heterocycles. The molecule has 16 heteroatoms. The van der Waals surface area contributed by atoms with Crippen molar-refractivity contribution in [1.82, 2.24) is 0 Å². The Morgan fingerprint density at radius 2 is 1.68 bits per heavy atom. The fourth-order valence-corrected chi connectivity index (χ4v) is 4.39. The third kappa shape index (κ3) is 6.49.